The number of para-hydroxylation sites is 1. The summed E-state index contributed by atoms with van der Waals surface area (Å²) >= 11 is 0. The summed E-state index contributed by atoms with van der Waals surface area (Å²) in [7, 11) is 0. The first-order valence-corrected chi connectivity index (χ1v) is 11.0. The Morgan fingerprint density at radius 3 is 2.53 bits per heavy atom. The average molecular weight is 485 g/mol. The van der Waals surface area contributed by atoms with Crippen molar-refractivity contribution in [1.82, 2.24) is 21.0 Å². The number of benzene rings is 3. The van der Waals surface area contributed by atoms with Crippen molar-refractivity contribution < 1.29 is 24.6 Å². The van der Waals surface area contributed by atoms with Crippen LogP contribution in [-0.2, 0) is 16.1 Å². The molecule has 11 heteroatoms. The van der Waals surface area contributed by atoms with Crippen molar-refractivity contribution >= 4 is 45.5 Å². The molecule has 0 bridgehead atoms. The Morgan fingerprint density at radius 2 is 1.78 bits per heavy atom. The summed E-state index contributed by atoms with van der Waals surface area (Å²) in [6.07, 6.45) is -0.712. The topological polar surface area (TPSA) is 159 Å². The zero-order valence-corrected chi connectivity index (χ0v) is 18.8. The van der Waals surface area contributed by atoms with E-state index in [1.165, 1.54) is 0 Å². The molecule has 3 aromatic carbocycles. The van der Waals surface area contributed by atoms with Gasteiger partial charge in [0.1, 0.15) is 6.04 Å². The van der Waals surface area contributed by atoms with E-state index in [-0.39, 0.29) is 5.56 Å². The smallest absolute Gasteiger partial charge is 0.326 e. The molecule has 5 rings (SSSR count). The third-order valence-corrected chi connectivity index (χ3v) is 5.92. The number of fused-ring (bicyclic) bond motifs is 3. The number of amidine groups is 1. The SMILES string of the molecule is O=C(O)C[C@H](NC(=O)c1cccc(Cn2c3ccccc3c3cc(C4=NNN[N-]4)ccc32)c1)C(=O)O. The monoisotopic (exact) mass is 485 g/mol. The molecule has 2 heterocycles. The van der Waals surface area contributed by atoms with E-state index in [2.05, 4.69) is 31.5 Å². The quantitative estimate of drug-likeness (QED) is 0.256. The standard InChI is InChI=1S/C25H22N6O5/c32-22(33)12-19(25(35)36)26-24(34)16-5-3-4-14(10-16)13-31-20-7-2-1-6-17(20)18-11-15(8-9-21(18)31)23-27-29-30-28-23/h1-11,19,29-30H,12-13H2,(H4,26,27,28,32,33,34,35,36)/p-1/t19-/m0/s1. The number of hydrogen-bond acceptors (Lipinski definition) is 6. The van der Waals surface area contributed by atoms with E-state index in [9.17, 15) is 19.5 Å². The Morgan fingerprint density at radius 1 is 0.972 bits per heavy atom. The summed E-state index contributed by atoms with van der Waals surface area (Å²) < 4.78 is 2.14. The fourth-order valence-corrected chi connectivity index (χ4v) is 4.28. The fraction of sp³-hybridized carbons (Fsp3) is 0.120. The van der Waals surface area contributed by atoms with E-state index < -0.39 is 30.3 Å². The van der Waals surface area contributed by atoms with Gasteiger partial charge in [0.05, 0.1) is 6.42 Å². The van der Waals surface area contributed by atoms with Crippen LogP contribution in [0.15, 0.2) is 71.8 Å². The van der Waals surface area contributed by atoms with Gasteiger partial charge in [0.25, 0.3) is 5.91 Å². The molecular formula is C25H21N6O5-. The van der Waals surface area contributed by atoms with Crippen molar-refractivity contribution in [3.63, 3.8) is 0 Å². The van der Waals surface area contributed by atoms with Gasteiger partial charge >= 0.3 is 11.9 Å². The van der Waals surface area contributed by atoms with Gasteiger partial charge in [-0.2, -0.15) is 0 Å². The number of carboxylic acids is 2. The van der Waals surface area contributed by atoms with Crippen LogP contribution in [0.2, 0.25) is 0 Å². The van der Waals surface area contributed by atoms with Crippen LogP contribution in [0.5, 0.6) is 0 Å². The number of hydrogen-bond donors (Lipinski definition) is 5. The van der Waals surface area contributed by atoms with Crippen molar-refractivity contribution in [2.24, 2.45) is 5.10 Å². The molecule has 182 valence electrons. The third kappa shape index (κ3) is 4.42. The number of carboxylic acid groups (broad SMARTS) is 2. The lowest BCUT2D eigenvalue weighted by molar-refractivity contribution is -0.145. The summed E-state index contributed by atoms with van der Waals surface area (Å²) in [6, 6.07) is 19.3. The minimum Gasteiger partial charge on any atom is -0.481 e. The Labute approximate surface area is 204 Å². The molecular weight excluding hydrogens is 464 g/mol. The number of hydrazone groups is 1. The van der Waals surface area contributed by atoms with Gasteiger partial charge in [0, 0.05) is 33.9 Å². The number of nitrogens with one attached hydrogen (secondary N) is 3. The maximum Gasteiger partial charge on any atom is 0.326 e. The number of carbonyl (C=O) groups excluding carboxylic acids is 1. The molecule has 1 aliphatic rings. The predicted molar refractivity (Wildman–Crippen MR) is 132 cm³/mol. The van der Waals surface area contributed by atoms with E-state index in [4.69, 9.17) is 5.11 Å². The molecule has 0 radical (unpaired) electrons. The first-order chi connectivity index (χ1) is 17.4. The molecule has 0 aliphatic carbocycles. The molecule has 0 saturated carbocycles. The van der Waals surface area contributed by atoms with Gasteiger partial charge in [-0.05, 0) is 47.3 Å². The number of carbonyl (C=O) groups is 3. The number of nitrogens with zero attached hydrogens (tertiary/aromatic N) is 3. The maximum absolute atomic E-state index is 12.7. The Bertz CT molecular complexity index is 1540. The molecule has 1 aliphatic heterocycles. The van der Waals surface area contributed by atoms with Gasteiger partial charge in [-0.25, -0.2) is 10.3 Å². The average Bonchev–Trinajstić information content (AvgIpc) is 3.51. The number of amides is 1. The fourth-order valence-electron chi connectivity index (χ4n) is 4.28. The molecule has 5 N–H and O–H groups in total. The first-order valence-electron chi connectivity index (χ1n) is 11.0. The molecule has 0 fully saturated rings. The lowest BCUT2D eigenvalue weighted by atomic mass is 10.1. The Kier molecular flexibility index (Phi) is 5.97. The van der Waals surface area contributed by atoms with Gasteiger partial charge in [0.15, 0.2) is 0 Å². The second-order valence-electron chi connectivity index (χ2n) is 8.27. The van der Waals surface area contributed by atoms with Gasteiger partial charge in [-0.3, -0.25) is 9.59 Å². The molecule has 0 spiro atoms. The summed E-state index contributed by atoms with van der Waals surface area (Å²) in [5.74, 6) is -2.82. The van der Waals surface area contributed by atoms with Gasteiger partial charge in [-0.1, -0.05) is 36.4 Å². The van der Waals surface area contributed by atoms with Crippen molar-refractivity contribution in [2.45, 2.75) is 19.0 Å². The number of hydrazine groups is 1. The molecule has 1 atom stereocenters. The molecule has 0 unspecified atom stereocenters. The predicted octanol–water partition coefficient (Wildman–Crippen LogP) is 2.56. The van der Waals surface area contributed by atoms with E-state index in [1.54, 1.807) is 18.2 Å². The van der Waals surface area contributed by atoms with Crippen LogP contribution in [0.1, 0.15) is 27.9 Å². The molecule has 1 amide bonds. The highest BCUT2D eigenvalue weighted by Crippen LogP contribution is 2.31. The molecule has 1 aromatic heterocycles. The summed E-state index contributed by atoms with van der Waals surface area (Å²) in [4.78, 5) is 35.0. The molecule has 11 nitrogen and oxygen atoms in total. The minimum absolute atomic E-state index is 0.244. The third-order valence-electron chi connectivity index (χ3n) is 5.92. The summed E-state index contributed by atoms with van der Waals surface area (Å²) in [6.45, 7) is 0.455. The zero-order chi connectivity index (χ0) is 25.2. The highest BCUT2D eigenvalue weighted by molar-refractivity contribution is 6.14. The lowest BCUT2D eigenvalue weighted by Crippen LogP contribution is -2.42. The van der Waals surface area contributed by atoms with E-state index in [0.717, 1.165) is 32.9 Å². The van der Waals surface area contributed by atoms with Crippen LogP contribution in [0.25, 0.3) is 27.2 Å². The molecule has 0 saturated heterocycles. The number of rotatable bonds is 8. The highest BCUT2D eigenvalue weighted by Gasteiger charge is 2.23. The zero-order valence-electron chi connectivity index (χ0n) is 18.8. The summed E-state index contributed by atoms with van der Waals surface area (Å²) in [5, 5.41) is 26.6. The van der Waals surface area contributed by atoms with Gasteiger partial charge in [-0.15, -0.1) is 0 Å². The number of aromatic nitrogens is 1. The van der Waals surface area contributed by atoms with E-state index in [0.29, 0.717) is 12.4 Å². The van der Waals surface area contributed by atoms with Crippen LogP contribution >= 0.6 is 0 Å². The molecule has 36 heavy (non-hydrogen) atoms. The summed E-state index contributed by atoms with van der Waals surface area (Å²) in [5.41, 5.74) is 13.2. The second-order valence-corrected chi connectivity index (χ2v) is 8.27. The normalized spacial score (nSPS) is 13.6. The lowest BCUT2D eigenvalue weighted by Gasteiger charge is -2.14. The van der Waals surface area contributed by atoms with Crippen LogP contribution in [-0.4, -0.2) is 44.5 Å². The van der Waals surface area contributed by atoms with E-state index >= 15 is 0 Å². The maximum atomic E-state index is 12.7. The largest absolute Gasteiger partial charge is 0.481 e. The van der Waals surface area contributed by atoms with Crippen molar-refractivity contribution in [3.8, 4) is 0 Å². The second kappa shape index (κ2) is 9.39. The van der Waals surface area contributed by atoms with Gasteiger partial charge < -0.3 is 36.2 Å². The number of aliphatic carboxylic acids is 2. The Balaban J connectivity index is 1.47. The molecule has 4 aromatic rings. The van der Waals surface area contributed by atoms with Gasteiger partial charge in [0.2, 0.25) is 0 Å². The van der Waals surface area contributed by atoms with Crippen LogP contribution in [0.3, 0.4) is 0 Å². The van der Waals surface area contributed by atoms with Crippen LogP contribution < -0.4 is 16.4 Å². The van der Waals surface area contributed by atoms with Crippen molar-refractivity contribution in [2.75, 3.05) is 0 Å². The van der Waals surface area contributed by atoms with Crippen LogP contribution in [0.4, 0.5) is 0 Å². The minimum atomic E-state index is -1.52. The Hall–Kier alpha value is -4.90. The van der Waals surface area contributed by atoms with Crippen molar-refractivity contribution in [3.05, 3.63) is 88.8 Å². The highest BCUT2D eigenvalue weighted by atomic mass is 16.4. The van der Waals surface area contributed by atoms with E-state index in [1.807, 2.05) is 48.5 Å². The van der Waals surface area contributed by atoms with Crippen LogP contribution in [0, 0.1) is 0 Å². The van der Waals surface area contributed by atoms with Crippen molar-refractivity contribution in [1.29, 1.82) is 0 Å². The first kappa shape index (κ1) is 22.9.